The smallest absolute Gasteiger partial charge is 0.125 e. The van der Waals surface area contributed by atoms with Gasteiger partial charge in [-0.2, -0.15) is 4.89 Å². The third-order valence-corrected chi connectivity index (χ3v) is 1.18. The van der Waals surface area contributed by atoms with E-state index < -0.39 is 0 Å². The third kappa shape index (κ3) is 11.5. The van der Waals surface area contributed by atoms with Crippen LogP contribution in [0.1, 0.15) is 48.0 Å². The maximum Gasteiger partial charge on any atom is 0.125 e. The maximum absolute atomic E-state index is 5.06. The number of hydrogen-bond acceptors (Lipinski definition) is 2. The standard InChI is InChI=1S/C11H22O2/c1-10(2,3)8-7-9-12-13-11(4,5)6/h7,9H,8H2,1-6H3. The van der Waals surface area contributed by atoms with E-state index in [2.05, 4.69) is 20.8 Å². The summed E-state index contributed by atoms with van der Waals surface area (Å²) in [6.07, 6.45) is 4.57. The van der Waals surface area contributed by atoms with Crippen LogP contribution in [0.4, 0.5) is 0 Å². The van der Waals surface area contributed by atoms with Crippen LogP contribution in [0.5, 0.6) is 0 Å². The Bertz CT molecular complexity index is 158. The van der Waals surface area contributed by atoms with Crippen LogP contribution in [-0.2, 0) is 9.78 Å². The first-order valence-electron chi connectivity index (χ1n) is 4.70. The quantitative estimate of drug-likeness (QED) is 0.380. The van der Waals surface area contributed by atoms with E-state index in [-0.39, 0.29) is 5.60 Å². The van der Waals surface area contributed by atoms with Crippen molar-refractivity contribution in [2.24, 2.45) is 5.41 Å². The molecule has 2 nitrogen and oxygen atoms in total. The molecule has 0 bridgehead atoms. The van der Waals surface area contributed by atoms with E-state index in [1.807, 2.05) is 26.8 Å². The zero-order chi connectivity index (χ0) is 10.5. The third-order valence-electron chi connectivity index (χ3n) is 1.18. The van der Waals surface area contributed by atoms with E-state index in [9.17, 15) is 0 Å². The lowest BCUT2D eigenvalue weighted by Gasteiger charge is -2.16. The molecule has 0 fully saturated rings. The molecule has 0 radical (unpaired) electrons. The predicted molar refractivity (Wildman–Crippen MR) is 55.1 cm³/mol. The Balaban J connectivity index is 3.55. The van der Waals surface area contributed by atoms with Crippen LogP contribution in [0.15, 0.2) is 12.3 Å². The second kappa shape index (κ2) is 4.66. The van der Waals surface area contributed by atoms with Gasteiger partial charge < -0.3 is 4.89 Å². The van der Waals surface area contributed by atoms with E-state index in [0.717, 1.165) is 6.42 Å². The molecule has 0 heterocycles. The van der Waals surface area contributed by atoms with Gasteiger partial charge in [-0.3, -0.25) is 0 Å². The topological polar surface area (TPSA) is 18.5 Å². The first-order chi connectivity index (χ1) is 5.71. The first kappa shape index (κ1) is 12.5. The van der Waals surface area contributed by atoms with Crippen molar-refractivity contribution in [3.63, 3.8) is 0 Å². The lowest BCUT2D eigenvalue weighted by atomic mass is 9.93. The fourth-order valence-corrected chi connectivity index (χ4v) is 0.613. The fourth-order valence-electron chi connectivity index (χ4n) is 0.613. The van der Waals surface area contributed by atoms with Gasteiger partial charge in [0.05, 0.1) is 0 Å². The van der Waals surface area contributed by atoms with Gasteiger partial charge in [-0.05, 0) is 38.7 Å². The van der Waals surface area contributed by atoms with Gasteiger partial charge in [-0.15, -0.1) is 0 Å². The van der Waals surface area contributed by atoms with Crippen LogP contribution >= 0.6 is 0 Å². The number of hydrogen-bond donors (Lipinski definition) is 0. The highest BCUT2D eigenvalue weighted by molar-refractivity contribution is 4.79. The van der Waals surface area contributed by atoms with Gasteiger partial charge in [0, 0.05) is 0 Å². The van der Waals surface area contributed by atoms with Gasteiger partial charge >= 0.3 is 0 Å². The zero-order valence-electron chi connectivity index (χ0n) is 9.68. The monoisotopic (exact) mass is 186 g/mol. The van der Waals surface area contributed by atoms with Crippen molar-refractivity contribution in [1.29, 1.82) is 0 Å². The van der Waals surface area contributed by atoms with Crippen molar-refractivity contribution in [2.45, 2.75) is 53.6 Å². The fraction of sp³-hybridized carbons (Fsp3) is 0.818. The van der Waals surface area contributed by atoms with Crippen LogP contribution in [0.3, 0.4) is 0 Å². The highest BCUT2D eigenvalue weighted by Gasteiger charge is 2.11. The number of rotatable bonds is 3. The maximum atomic E-state index is 5.06. The second-order valence-corrected chi connectivity index (χ2v) is 5.43. The summed E-state index contributed by atoms with van der Waals surface area (Å²) >= 11 is 0. The zero-order valence-corrected chi connectivity index (χ0v) is 9.68. The summed E-state index contributed by atoms with van der Waals surface area (Å²) < 4.78 is 0. The summed E-state index contributed by atoms with van der Waals surface area (Å²) in [7, 11) is 0. The van der Waals surface area contributed by atoms with Gasteiger partial charge in [-0.1, -0.05) is 20.8 Å². The lowest BCUT2D eigenvalue weighted by Crippen LogP contribution is -2.17. The van der Waals surface area contributed by atoms with Gasteiger partial charge in [0.2, 0.25) is 0 Å². The highest BCUT2D eigenvalue weighted by Crippen LogP contribution is 2.18. The normalized spacial score (nSPS) is 13.7. The molecule has 0 saturated carbocycles. The van der Waals surface area contributed by atoms with Gasteiger partial charge in [0.15, 0.2) is 0 Å². The summed E-state index contributed by atoms with van der Waals surface area (Å²) in [5, 5.41) is 0. The Morgan fingerprint density at radius 3 is 1.92 bits per heavy atom. The minimum atomic E-state index is -0.244. The molecule has 0 amide bonds. The van der Waals surface area contributed by atoms with Crippen molar-refractivity contribution in [2.75, 3.05) is 0 Å². The van der Waals surface area contributed by atoms with E-state index >= 15 is 0 Å². The largest absolute Gasteiger partial charge is 0.345 e. The Hall–Kier alpha value is -0.500. The summed E-state index contributed by atoms with van der Waals surface area (Å²) in [5.41, 5.74) is 0.0632. The van der Waals surface area contributed by atoms with E-state index in [1.54, 1.807) is 6.26 Å². The van der Waals surface area contributed by atoms with E-state index in [1.165, 1.54) is 0 Å². The molecule has 0 N–H and O–H groups in total. The van der Waals surface area contributed by atoms with Crippen molar-refractivity contribution < 1.29 is 9.78 Å². The summed E-state index contributed by atoms with van der Waals surface area (Å²) in [6, 6.07) is 0. The molecule has 0 aromatic heterocycles. The lowest BCUT2D eigenvalue weighted by molar-refractivity contribution is -0.310. The summed E-state index contributed by atoms with van der Waals surface area (Å²) in [5.74, 6) is 0. The van der Waals surface area contributed by atoms with Gasteiger partial charge in [0.1, 0.15) is 11.9 Å². The minimum Gasteiger partial charge on any atom is -0.345 e. The molecule has 0 aromatic rings. The van der Waals surface area contributed by atoms with Crippen molar-refractivity contribution in [3.05, 3.63) is 12.3 Å². The highest BCUT2D eigenvalue weighted by atomic mass is 17.2. The Morgan fingerprint density at radius 2 is 1.54 bits per heavy atom. The molecule has 0 rings (SSSR count). The van der Waals surface area contributed by atoms with Crippen molar-refractivity contribution in [3.8, 4) is 0 Å². The second-order valence-electron chi connectivity index (χ2n) is 5.43. The number of allylic oxidation sites excluding steroid dienone is 1. The molecule has 0 aliphatic heterocycles. The van der Waals surface area contributed by atoms with E-state index in [0.29, 0.717) is 5.41 Å². The molecule has 13 heavy (non-hydrogen) atoms. The van der Waals surface area contributed by atoms with E-state index in [4.69, 9.17) is 9.78 Å². The van der Waals surface area contributed by atoms with Crippen LogP contribution in [-0.4, -0.2) is 5.60 Å². The van der Waals surface area contributed by atoms with Crippen LogP contribution in [0.2, 0.25) is 0 Å². The van der Waals surface area contributed by atoms with Crippen molar-refractivity contribution in [1.82, 2.24) is 0 Å². The Morgan fingerprint density at radius 1 is 1.00 bits per heavy atom. The molecule has 0 atom stereocenters. The Kier molecular flexibility index (Phi) is 4.48. The molecule has 0 unspecified atom stereocenters. The summed E-state index contributed by atoms with van der Waals surface area (Å²) in [4.78, 5) is 9.97. The van der Waals surface area contributed by atoms with Gasteiger partial charge in [0.25, 0.3) is 0 Å². The molecular formula is C11H22O2. The molecule has 0 aliphatic rings. The average molecular weight is 186 g/mol. The predicted octanol–water partition coefficient (Wildman–Crippen LogP) is 3.68. The molecule has 0 aromatic carbocycles. The first-order valence-corrected chi connectivity index (χ1v) is 4.70. The SMILES string of the molecule is CC(C)(C)CC=COOC(C)(C)C. The molecule has 0 aliphatic carbocycles. The minimum absolute atomic E-state index is 0.244. The summed E-state index contributed by atoms with van der Waals surface area (Å²) in [6.45, 7) is 12.4. The molecule has 2 heteroatoms. The molecule has 0 saturated heterocycles. The van der Waals surface area contributed by atoms with Gasteiger partial charge in [-0.25, -0.2) is 0 Å². The Labute approximate surface area is 81.9 Å². The van der Waals surface area contributed by atoms with Crippen LogP contribution < -0.4 is 0 Å². The molecule has 0 spiro atoms. The molecular weight excluding hydrogens is 164 g/mol. The molecule has 78 valence electrons. The van der Waals surface area contributed by atoms with Crippen LogP contribution in [0.25, 0.3) is 0 Å². The van der Waals surface area contributed by atoms with Crippen LogP contribution in [0, 0.1) is 5.41 Å². The average Bonchev–Trinajstić information content (AvgIpc) is 1.81. The van der Waals surface area contributed by atoms with Crippen molar-refractivity contribution >= 4 is 0 Å².